The van der Waals surface area contributed by atoms with E-state index in [-0.39, 0.29) is 58.4 Å². The number of nitrogens with zero attached hydrogens (tertiary/aromatic N) is 3. The van der Waals surface area contributed by atoms with Crippen molar-refractivity contribution in [3.8, 4) is 0 Å². The molecule has 1 unspecified atom stereocenters. The van der Waals surface area contributed by atoms with Crippen LogP contribution in [0.2, 0.25) is 0 Å². The summed E-state index contributed by atoms with van der Waals surface area (Å²) in [5.41, 5.74) is 26.4. The summed E-state index contributed by atoms with van der Waals surface area (Å²) in [5.74, 6) is -5.64. The molecule has 0 bridgehead atoms. The van der Waals surface area contributed by atoms with Crippen molar-refractivity contribution >= 4 is 59.6 Å². The summed E-state index contributed by atoms with van der Waals surface area (Å²) in [6.45, 7) is -3.51. The van der Waals surface area contributed by atoms with Gasteiger partial charge in [-0.1, -0.05) is 152 Å². The van der Waals surface area contributed by atoms with E-state index in [1.165, 1.54) is 0 Å². The molecule has 13 N–H and O–H groups in total. The van der Waals surface area contributed by atoms with Gasteiger partial charge in [0.2, 0.25) is 59.6 Å². The van der Waals surface area contributed by atoms with E-state index >= 15 is 0 Å². The number of carbonyl (C=O) groups is 5. The topological polar surface area (TPSA) is 362 Å². The largest absolute Gasteiger partial charge is 0.369 e. The van der Waals surface area contributed by atoms with E-state index in [1.807, 2.05) is 30.3 Å². The first-order valence-electron chi connectivity index (χ1n) is 28.5. The summed E-state index contributed by atoms with van der Waals surface area (Å²) in [7, 11) is -11.0. The van der Waals surface area contributed by atoms with Crippen molar-refractivity contribution in [3.63, 3.8) is 0 Å². The normalized spacial score (nSPS) is 13.8. The molecule has 23 nitrogen and oxygen atoms in total. The predicted molar refractivity (Wildman–Crippen MR) is 333 cm³/mol. The lowest BCUT2D eigenvalue weighted by molar-refractivity contribution is -0.130. The molecule has 0 heterocycles. The number of amides is 5. The van der Waals surface area contributed by atoms with E-state index in [0.29, 0.717) is 41.5 Å². The van der Waals surface area contributed by atoms with E-state index in [2.05, 4.69) is 26.6 Å². The fourth-order valence-corrected chi connectivity index (χ4v) is 13.8. The Morgan fingerprint density at radius 3 is 1.15 bits per heavy atom. The fourth-order valence-electron chi connectivity index (χ4n) is 9.67. The molecule has 0 saturated carbocycles. The summed E-state index contributed by atoms with van der Waals surface area (Å²) in [5, 5.41) is 14.4. The maximum Gasteiger partial charge on any atom is 0.243 e. The van der Waals surface area contributed by atoms with Gasteiger partial charge < -0.3 is 49.5 Å². The molecule has 0 saturated heterocycles. The standard InChI is InChI=1S/C60H84N12O11S3/c1-65-51(35-46-19-7-2-8-20-46)39-71(84(78,79)33-31-62)44-58(75)69-55(38-49-25-13-5-14-26-49)60(77)67-53(37-48-23-11-4-12-24-48)41-72(85(80,81)34-32-63)43-57(74)68-54(29-17-18-30-61)59(76)66-52(36-47-21-9-3-10-22-47)40-70(42-56(64)73)86(82,83)45-50-27-15-6-16-28-50/h2-16,19-28,51-55,65H,17-18,29-45,61-63H2,1H3,(H2,64,73)(H,66,76)(H,67,77)(H,68,74)(H,69,75)/t51-,52-,53?,54-,55-/m0/s1. The van der Waals surface area contributed by atoms with Crippen LogP contribution in [0.25, 0.3) is 0 Å². The van der Waals surface area contributed by atoms with Crippen molar-refractivity contribution in [1.29, 1.82) is 0 Å². The summed E-state index contributed by atoms with van der Waals surface area (Å²) < 4.78 is 86.7. The summed E-state index contributed by atoms with van der Waals surface area (Å²) in [6, 6.07) is 39.1. The van der Waals surface area contributed by atoms with Crippen molar-refractivity contribution in [2.75, 3.05) is 77.5 Å². The van der Waals surface area contributed by atoms with Gasteiger partial charge in [-0.15, -0.1) is 0 Å². The molecule has 5 rings (SSSR count). The average molecular weight is 1250 g/mol. The Morgan fingerprint density at radius 2 is 0.767 bits per heavy atom. The molecular weight excluding hydrogens is 1160 g/mol. The minimum atomic E-state index is -4.40. The molecule has 0 aliphatic carbocycles. The number of benzene rings is 5. The van der Waals surface area contributed by atoms with E-state index in [1.54, 1.807) is 128 Å². The van der Waals surface area contributed by atoms with Crippen LogP contribution in [0.4, 0.5) is 0 Å². The molecule has 0 spiro atoms. The second-order valence-electron chi connectivity index (χ2n) is 21.0. The van der Waals surface area contributed by atoms with Crippen molar-refractivity contribution in [2.45, 2.75) is 80.9 Å². The molecule has 0 aliphatic rings. The number of rotatable bonds is 40. The Morgan fingerprint density at radius 1 is 0.419 bits per heavy atom. The first-order valence-corrected chi connectivity index (χ1v) is 33.3. The van der Waals surface area contributed by atoms with Crippen LogP contribution in [0.5, 0.6) is 0 Å². The Kier molecular flexibility index (Phi) is 28.9. The molecule has 86 heavy (non-hydrogen) atoms. The highest BCUT2D eigenvalue weighted by Gasteiger charge is 2.35. The highest BCUT2D eigenvalue weighted by atomic mass is 32.2. The number of hydrogen-bond acceptors (Lipinski definition) is 15. The number of carbonyl (C=O) groups excluding carboxylic acids is 5. The minimum Gasteiger partial charge on any atom is -0.369 e. The van der Waals surface area contributed by atoms with E-state index in [0.717, 1.165) is 18.5 Å². The van der Waals surface area contributed by atoms with Crippen LogP contribution in [0.15, 0.2) is 152 Å². The smallest absolute Gasteiger partial charge is 0.243 e. The van der Waals surface area contributed by atoms with Crippen LogP contribution in [-0.4, -0.2) is 175 Å². The van der Waals surface area contributed by atoms with Crippen LogP contribution < -0.4 is 49.5 Å². The number of unbranched alkanes of at least 4 members (excludes halogenated alkanes) is 1. The lowest BCUT2D eigenvalue weighted by Crippen LogP contribution is -2.57. The summed E-state index contributed by atoms with van der Waals surface area (Å²) in [6.07, 6.45) is 1.28. The predicted octanol–water partition coefficient (Wildman–Crippen LogP) is 0.112. The van der Waals surface area contributed by atoms with Gasteiger partial charge in [0.15, 0.2) is 0 Å². The quantitative estimate of drug-likeness (QED) is 0.0235. The van der Waals surface area contributed by atoms with Crippen molar-refractivity contribution in [3.05, 3.63) is 179 Å². The number of nitrogens with two attached hydrogens (primary N) is 4. The summed E-state index contributed by atoms with van der Waals surface area (Å²) in [4.78, 5) is 70.4. The first-order chi connectivity index (χ1) is 41.1. The Balaban J connectivity index is 1.43. The van der Waals surface area contributed by atoms with Gasteiger partial charge in [0.1, 0.15) is 12.1 Å². The number of likely N-dealkylation sites (N-methyl/N-ethyl adjacent to an activating group) is 1. The molecule has 5 atom stereocenters. The molecule has 26 heteroatoms. The molecule has 468 valence electrons. The minimum absolute atomic E-state index is 0.0214. The zero-order chi connectivity index (χ0) is 62.5. The first kappa shape index (κ1) is 69.8. The monoisotopic (exact) mass is 1240 g/mol. The molecule has 0 aromatic heterocycles. The van der Waals surface area contributed by atoms with Crippen LogP contribution in [0.3, 0.4) is 0 Å². The number of sulfonamides is 3. The van der Waals surface area contributed by atoms with Crippen molar-refractivity contribution < 1.29 is 49.2 Å². The summed E-state index contributed by atoms with van der Waals surface area (Å²) >= 11 is 0. The average Bonchev–Trinajstić information content (AvgIpc) is 3.26. The maximum absolute atomic E-state index is 14.8. The van der Waals surface area contributed by atoms with E-state index < -0.39 is 133 Å². The lowest BCUT2D eigenvalue weighted by Gasteiger charge is -2.30. The molecule has 5 amide bonds. The number of primary amides is 1. The SMILES string of the molecule is CN[C@@H](Cc1ccccc1)CN(CC(=O)N[C@@H](Cc1ccccc1)C(=O)NC(Cc1ccccc1)CN(CC(=O)N[C@@H](CCCCN)C(=O)N[C@@H](Cc1ccccc1)CN(CC(N)=O)S(=O)(=O)Cc1ccccc1)S(=O)(=O)CCN)S(=O)(=O)CCN. The molecule has 0 fully saturated rings. The molecule has 5 aromatic rings. The second kappa shape index (κ2) is 35.6. The van der Waals surface area contributed by atoms with Gasteiger partial charge in [-0.2, -0.15) is 12.9 Å². The van der Waals surface area contributed by atoms with Gasteiger partial charge in [0.25, 0.3) is 0 Å². The maximum atomic E-state index is 14.8. The van der Waals surface area contributed by atoms with Gasteiger partial charge in [-0.05, 0) is 79.9 Å². The van der Waals surface area contributed by atoms with E-state index in [9.17, 15) is 49.2 Å². The Hall–Kier alpha value is -6.98. The van der Waals surface area contributed by atoms with Gasteiger partial charge in [0.05, 0.1) is 36.9 Å². The third-order valence-electron chi connectivity index (χ3n) is 14.0. The second-order valence-corrected chi connectivity index (χ2v) is 27.1. The van der Waals surface area contributed by atoms with Gasteiger partial charge in [0, 0.05) is 57.3 Å². The van der Waals surface area contributed by atoms with Crippen LogP contribution in [-0.2, 0) is 85.5 Å². The molecule has 0 radical (unpaired) electrons. The van der Waals surface area contributed by atoms with Gasteiger partial charge >= 0.3 is 0 Å². The van der Waals surface area contributed by atoms with Gasteiger partial charge in [-0.25, -0.2) is 25.3 Å². The van der Waals surface area contributed by atoms with Crippen molar-refractivity contribution in [1.82, 2.24) is 39.5 Å². The fraction of sp³-hybridized carbons (Fsp3) is 0.417. The Labute approximate surface area is 506 Å². The van der Waals surface area contributed by atoms with Gasteiger partial charge in [-0.3, -0.25) is 24.0 Å². The highest BCUT2D eigenvalue weighted by Crippen LogP contribution is 2.17. The Bertz CT molecular complexity index is 3240. The zero-order valence-electron chi connectivity index (χ0n) is 48.6. The number of hydrogen-bond donors (Lipinski definition) is 9. The van der Waals surface area contributed by atoms with Crippen LogP contribution >= 0.6 is 0 Å². The third kappa shape index (κ3) is 24.4. The van der Waals surface area contributed by atoms with Crippen molar-refractivity contribution in [2.24, 2.45) is 22.9 Å². The van der Waals surface area contributed by atoms with Crippen LogP contribution in [0.1, 0.15) is 47.1 Å². The molecular formula is C60H84N12O11S3. The molecule has 0 aliphatic heterocycles. The highest BCUT2D eigenvalue weighted by molar-refractivity contribution is 7.89. The van der Waals surface area contributed by atoms with E-state index in [4.69, 9.17) is 22.9 Å². The lowest BCUT2D eigenvalue weighted by atomic mass is 10.0. The van der Waals surface area contributed by atoms with Crippen LogP contribution in [0, 0.1) is 0 Å². The number of nitrogens with one attached hydrogen (secondary N) is 5. The third-order valence-corrected chi connectivity index (χ3v) is 19.4. The molecule has 5 aromatic carbocycles. The zero-order valence-corrected chi connectivity index (χ0v) is 51.1.